The molecule has 0 aromatic heterocycles. The number of amides is 2. The molecule has 0 atom stereocenters. The van der Waals surface area contributed by atoms with Crippen LogP contribution in [0.5, 0.6) is 0 Å². The van der Waals surface area contributed by atoms with E-state index in [1.165, 1.54) is 6.08 Å². The van der Waals surface area contributed by atoms with Gasteiger partial charge in [0.25, 0.3) is 5.91 Å². The first-order valence-electron chi connectivity index (χ1n) is 4.12. The van der Waals surface area contributed by atoms with E-state index in [1.54, 1.807) is 6.08 Å². The van der Waals surface area contributed by atoms with E-state index in [0.717, 1.165) is 11.3 Å². The maximum atomic E-state index is 11.1. The summed E-state index contributed by atoms with van der Waals surface area (Å²) in [7, 11) is 0. The van der Waals surface area contributed by atoms with E-state index in [4.69, 9.17) is 0 Å². The Kier molecular flexibility index (Phi) is 6.41. The van der Waals surface area contributed by atoms with Crippen LogP contribution >= 0.6 is 0 Å². The Morgan fingerprint density at radius 2 is 2.08 bits per heavy atom. The SMILES string of the molecule is CC/C=C\C(=O)N(C=O)CCC=O. The Morgan fingerprint density at radius 1 is 1.38 bits per heavy atom. The molecule has 4 nitrogen and oxygen atoms in total. The van der Waals surface area contributed by atoms with Crippen LogP contribution in [0.1, 0.15) is 19.8 Å². The summed E-state index contributed by atoms with van der Waals surface area (Å²) < 4.78 is 0. The summed E-state index contributed by atoms with van der Waals surface area (Å²) in [5, 5.41) is 0. The van der Waals surface area contributed by atoms with Gasteiger partial charge >= 0.3 is 0 Å². The summed E-state index contributed by atoms with van der Waals surface area (Å²) in [6, 6.07) is 0. The largest absolute Gasteiger partial charge is 0.303 e. The molecule has 0 radical (unpaired) electrons. The zero-order valence-corrected chi connectivity index (χ0v) is 7.60. The molecule has 2 amide bonds. The average molecular weight is 183 g/mol. The van der Waals surface area contributed by atoms with E-state index in [-0.39, 0.29) is 18.9 Å². The van der Waals surface area contributed by atoms with E-state index < -0.39 is 0 Å². The van der Waals surface area contributed by atoms with Gasteiger partial charge in [-0.15, -0.1) is 0 Å². The number of hydrogen-bond acceptors (Lipinski definition) is 3. The van der Waals surface area contributed by atoms with Crippen molar-refractivity contribution in [1.82, 2.24) is 4.90 Å². The van der Waals surface area contributed by atoms with Gasteiger partial charge in [0.2, 0.25) is 6.41 Å². The minimum atomic E-state index is -0.376. The second-order valence-corrected chi connectivity index (χ2v) is 2.40. The molecule has 0 N–H and O–H groups in total. The third-order valence-corrected chi connectivity index (χ3v) is 1.39. The van der Waals surface area contributed by atoms with Crippen LogP contribution in [0.4, 0.5) is 0 Å². The van der Waals surface area contributed by atoms with Crippen LogP contribution in [0.25, 0.3) is 0 Å². The monoisotopic (exact) mass is 183 g/mol. The van der Waals surface area contributed by atoms with Gasteiger partial charge < -0.3 is 4.79 Å². The van der Waals surface area contributed by atoms with Crippen LogP contribution in [0.3, 0.4) is 0 Å². The van der Waals surface area contributed by atoms with Gasteiger partial charge in [-0.1, -0.05) is 13.0 Å². The van der Waals surface area contributed by atoms with Crippen molar-refractivity contribution in [3.8, 4) is 0 Å². The molecule has 0 rings (SSSR count). The molecule has 0 aliphatic carbocycles. The minimum Gasteiger partial charge on any atom is -0.303 e. The van der Waals surface area contributed by atoms with Crippen LogP contribution in [-0.4, -0.2) is 30.0 Å². The van der Waals surface area contributed by atoms with Crippen LogP contribution in [-0.2, 0) is 14.4 Å². The third-order valence-electron chi connectivity index (χ3n) is 1.39. The molecule has 0 bridgehead atoms. The lowest BCUT2D eigenvalue weighted by atomic mass is 10.3. The lowest BCUT2D eigenvalue weighted by molar-refractivity contribution is -0.134. The van der Waals surface area contributed by atoms with Crippen molar-refractivity contribution in [3.05, 3.63) is 12.2 Å². The molecular weight excluding hydrogens is 170 g/mol. The Bertz CT molecular complexity index is 211. The molecule has 0 saturated heterocycles. The summed E-state index contributed by atoms with van der Waals surface area (Å²) in [4.78, 5) is 32.5. The smallest absolute Gasteiger partial charge is 0.252 e. The quantitative estimate of drug-likeness (QED) is 0.445. The van der Waals surface area contributed by atoms with E-state index >= 15 is 0 Å². The van der Waals surface area contributed by atoms with E-state index in [9.17, 15) is 14.4 Å². The highest BCUT2D eigenvalue weighted by Gasteiger charge is 2.07. The Labute approximate surface area is 77.2 Å². The molecule has 72 valence electrons. The molecule has 0 unspecified atom stereocenters. The van der Waals surface area contributed by atoms with Crippen molar-refractivity contribution in [2.45, 2.75) is 19.8 Å². The second-order valence-electron chi connectivity index (χ2n) is 2.40. The fourth-order valence-electron chi connectivity index (χ4n) is 0.721. The van der Waals surface area contributed by atoms with Gasteiger partial charge in [-0.2, -0.15) is 0 Å². The minimum absolute atomic E-state index is 0.153. The number of carbonyl (C=O) groups excluding carboxylic acids is 3. The van der Waals surface area contributed by atoms with Crippen molar-refractivity contribution in [2.75, 3.05) is 6.54 Å². The van der Waals surface area contributed by atoms with Gasteiger partial charge in [-0.25, -0.2) is 0 Å². The van der Waals surface area contributed by atoms with Gasteiger partial charge in [-0.3, -0.25) is 14.5 Å². The molecule has 0 heterocycles. The lowest BCUT2D eigenvalue weighted by Gasteiger charge is -2.10. The number of aldehydes is 1. The summed E-state index contributed by atoms with van der Waals surface area (Å²) in [5.41, 5.74) is 0. The predicted molar refractivity (Wildman–Crippen MR) is 47.9 cm³/mol. The second kappa shape index (κ2) is 7.21. The fraction of sp³-hybridized carbons (Fsp3) is 0.444. The average Bonchev–Trinajstić information content (AvgIpc) is 2.16. The zero-order chi connectivity index (χ0) is 10.1. The topological polar surface area (TPSA) is 54.5 Å². The first-order chi connectivity index (χ1) is 6.26. The third kappa shape index (κ3) is 4.90. The van der Waals surface area contributed by atoms with Crippen molar-refractivity contribution < 1.29 is 14.4 Å². The maximum absolute atomic E-state index is 11.1. The molecule has 0 aromatic carbocycles. The first-order valence-corrected chi connectivity index (χ1v) is 4.12. The van der Waals surface area contributed by atoms with Gasteiger partial charge in [0.05, 0.1) is 0 Å². The fourth-order valence-corrected chi connectivity index (χ4v) is 0.721. The van der Waals surface area contributed by atoms with E-state index in [2.05, 4.69) is 0 Å². The van der Waals surface area contributed by atoms with Crippen LogP contribution < -0.4 is 0 Å². The van der Waals surface area contributed by atoms with Crippen molar-refractivity contribution in [3.63, 3.8) is 0 Å². The number of imide groups is 1. The zero-order valence-electron chi connectivity index (χ0n) is 7.60. The molecule has 0 aliphatic rings. The molecule has 0 spiro atoms. The lowest BCUT2D eigenvalue weighted by Crippen LogP contribution is -2.29. The number of carbonyl (C=O) groups is 3. The van der Waals surface area contributed by atoms with Crippen molar-refractivity contribution in [1.29, 1.82) is 0 Å². The highest BCUT2D eigenvalue weighted by molar-refractivity contribution is 5.94. The maximum Gasteiger partial charge on any atom is 0.252 e. The number of nitrogens with zero attached hydrogens (tertiary/aromatic N) is 1. The van der Waals surface area contributed by atoms with Gasteiger partial charge in [0.1, 0.15) is 6.29 Å². The summed E-state index contributed by atoms with van der Waals surface area (Å²) in [6.07, 6.45) is 5.04. The van der Waals surface area contributed by atoms with Gasteiger partial charge in [-0.05, 0) is 12.5 Å². The Hall–Kier alpha value is -1.45. The normalized spacial score (nSPS) is 9.92. The molecule has 0 fully saturated rings. The molecule has 0 aromatic rings. The summed E-state index contributed by atoms with van der Waals surface area (Å²) in [6.45, 7) is 2.04. The molecule has 13 heavy (non-hydrogen) atoms. The van der Waals surface area contributed by atoms with Crippen LogP contribution in [0, 0.1) is 0 Å². The molecular formula is C9H13NO3. The number of rotatable bonds is 6. The molecule has 0 saturated carbocycles. The summed E-state index contributed by atoms with van der Waals surface area (Å²) >= 11 is 0. The highest BCUT2D eigenvalue weighted by atomic mass is 16.2. The Morgan fingerprint density at radius 3 is 2.54 bits per heavy atom. The van der Waals surface area contributed by atoms with Crippen LogP contribution in [0.15, 0.2) is 12.2 Å². The molecule has 0 aliphatic heterocycles. The Balaban J connectivity index is 4.06. The number of hydrogen-bond donors (Lipinski definition) is 0. The number of allylic oxidation sites excluding steroid dienone is 1. The van der Waals surface area contributed by atoms with Crippen molar-refractivity contribution >= 4 is 18.6 Å². The van der Waals surface area contributed by atoms with Gasteiger partial charge in [0, 0.05) is 13.0 Å². The standard InChI is InChI=1S/C9H13NO3/c1-2-3-5-9(13)10(8-12)6-4-7-11/h3,5,7-8H,2,4,6H2,1H3/b5-3-. The first kappa shape index (κ1) is 11.6. The van der Waals surface area contributed by atoms with E-state index in [0.29, 0.717) is 12.7 Å². The van der Waals surface area contributed by atoms with Crippen LogP contribution in [0.2, 0.25) is 0 Å². The van der Waals surface area contributed by atoms with Gasteiger partial charge in [0.15, 0.2) is 0 Å². The van der Waals surface area contributed by atoms with Crippen molar-refractivity contribution in [2.24, 2.45) is 0 Å². The molecule has 4 heteroatoms. The highest BCUT2D eigenvalue weighted by Crippen LogP contribution is 1.90. The summed E-state index contributed by atoms with van der Waals surface area (Å²) in [5.74, 6) is -0.376. The predicted octanol–water partition coefficient (Wildman–Crippen LogP) is 0.527. The van der Waals surface area contributed by atoms with E-state index in [1.807, 2.05) is 6.92 Å².